The lowest BCUT2D eigenvalue weighted by atomic mass is 10.1. The van der Waals surface area contributed by atoms with E-state index in [-0.39, 0.29) is 24.1 Å². The Hall–Kier alpha value is -2.07. The van der Waals surface area contributed by atoms with Crippen molar-refractivity contribution < 1.29 is 26.3 Å². The van der Waals surface area contributed by atoms with E-state index in [9.17, 15) is 21.6 Å². The highest BCUT2D eigenvalue weighted by Crippen LogP contribution is 2.31. The molecule has 1 aromatic heterocycles. The SMILES string of the molecule is Cc1nn(C)c(C)c1S(=O)(=O)N1CCC(Oc2ccc(C(F)(F)F)cc2)CC1. The predicted octanol–water partition coefficient (Wildman–Crippen LogP) is 3.29. The van der Waals surface area contributed by atoms with Gasteiger partial charge in [-0.25, -0.2) is 8.42 Å². The summed E-state index contributed by atoms with van der Waals surface area (Å²) in [7, 11) is -1.95. The van der Waals surface area contributed by atoms with Crippen LogP contribution in [0.3, 0.4) is 0 Å². The maximum atomic E-state index is 13.0. The lowest BCUT2D eigenvalue weighted by molar-refractivity contribution is -0.137. The van der Waals surface area contributed by atoms with Crippen LogP contribution in [0.2, 0.25) is 0 Å². The molecule has 2 aromatic rings. The third kappa shape index (κ3) is 4.02. The quantitative estimate of drug-likeness (QED) is 0.766. The lowest BCUT2D eigenvalue weighted by Gasteiger charge is -2.31. The lowest BCUT2D eigenvalue weighted by Crippen LogP contribution is -2.42. The summed E-state index contributed by atoms with van der Waals surface area (Å²) in [6.07, 6.45) is -3.72. The fraction of sp³-hybridized carbons (Fsp3) is 0.500. The molecule has 0 amide bonds. The normalized spacial score (nSPS) is 17.1. The molecular formula is C18H22F3N3O3S. The number of sulfonamides is 1. The Morgan fingerprint density at radius 2 is 1.68 bits per heavy atom. The van der Waals surface area contributed by atoms with Gasteiger partial charge in [0.05, 0.1) is 17.0 Å². The van der Waals surface area contributed by atoms with Gasteiger partial charge in [-0.2, -0.15) is 22.6 Å². The molecule has 1 aliphatic rings. The molecule has 0 N–H and O–H groups in total. The summed E-state index contributed by atoms with van der Waals surface area (Å²) < 4.78 is 72.5. The first-order valence-corrected chi connectivity index (χ1v) is 10.3. The highest BCUT2D eigenvalue weighted by Gasteiger charge is 2.34. The monoisotopic (exact) mass is 417 g/mol. The standard InChI is InChI=1S/C18H22F3N3O3S/c1-12-17(13(2)23(3)22-12)28(25,26)24-10-8-16(9-11-24)27-15-6-4-14(5-7-15)18(19,20)21/h4-7,16H,8-11H2,1-3H3. The minimum atomic E-state index is -4.39. The van der Waals surface area contributed by atoms with Gasteiger partial charge in [0.2, 0.25) is 10.0 Å². The maximum absolute atomic E-state index is 13.0. The smallest absolute Gasteiger partial charge is 0.416 e. The molecule has 0 bridgehead atoms. The second kappa shape index (κ2) is 7.40. The highest BCUT2D eigenvalue weighted by molar-refractivity contribution is 7.89. The summed E-state index contributed by atoms with van der Waals surface area (Å²) >= 11 is 0. The number of hydrogen-bond donors (Lipinski definition) is 0. The Labute approximate surface area is 162 Å². The Morgan fingerprint density at radius 3 is 2.14 bits per heavy atom. The van der Waals surface area contributed by atoms with Crippen molar-refractivity contribution >= 4 is 10.0 Å². The first kappa shape index (κ1) is 20.7. The summed E-state index contributed by atoms with van der Waals surface area (Å²) in [6.45, 7) is 3.94. The summed E-state index contributed by atoms with van der Waals surface area (Å²) in [5.74, 6) is 0.341. The van der Waals surface area contributed by atoms with Crippen molar-refractivity contribution in [3.05, 3.63) is 41.2 Å². The third-order valence-corrected chi connectivity index (χ3v) is 7.08. The van der Waals surface area contributed by atoms with Crippen LogP contribution in [-0.2, 0) is 23.2 Å². The molecule has 0 aliphatic carbocycles. The van der Waals surface area contributed by atoms with Gasteiger partial charge in [0.25, 0.3) is 0 Å². The zero-order valence-electron chi connectivity index (χ0n) is 15.8. The number of aromatic nitrogens is 2. The van der Waals surface area contributed by atoms with Crippen LogP contribution in [0.5, 0.6) is 5.75 Å². The summed E-state index contributed by atoms with van der Waals surface area (Å²) in [5.41, 5.74) is 0.312. The first-order chi connectivity index (χ1) is 13.0. The van der Waals surface area contributed by atoms with Gasteiger partial charge in [0, 0.05) is 20.1 Å². The number of halogens is 3. The van der Waals surface area contributed by atoms with Gasteiger partial charge >= 0.3 is 6.18 Å². The molecule has 1 saturated heterocycles. The molecule has 0 unspecified atom stereocenters. The van der Waals surface area contributed by atoms with Crippen LogP contribution in [0, 0.1) is 13.8 Å². The Morgan fingerprint density at radius 1 is 1.11 bits per heavy atom. The van der Waals surface area contributed by atoms with Gasteiger partial charge in [-0.1, -0.05) is 0 Å². The maximum Gasteiger partial charge on any atom is 0.416 e. The van der Waals surface area contributed by atoms with Crippen molar-refractivity contribution in [2.75, 3.05) is 13.1 Å². The van der Waals surface area contributed by atoms with Gasteiger partial charge in [0.1, 0.15) is 16.7 Å². The summed E-state index contributed by atoms with van der Waals surface area (Å²) in [4.78, 5) is 0.233. The molecule has 2 heterocycles. The van der Waals surface area contributed by atoms with Gasteiger partial charge < -0.3 is 4.74 Å². The van der Waals surface area contributed by atoms with E-state index in [0.29, 0.717) is 30.0 Å². The van der Waals surface area contributed by atoms with E-state index in [2.05, 4.69) is 5.10 Å². The van der Waals surface area contributed by atoms with Crippen molar-refractivity contribution in [1.29, 1.82) is 0 Å². The molecule has 6 nitrogen and oxygen atoms in total. The average molecular weight is 417 g/mol. The largest absolute Gasteiger partial charge is 0.490 e. The molecule has 0 spiro atoms. The van der Waals surface area contributed by atoms with Crippen molar-refractivity contribution in [1.82, 2.24) is 14.1 Å². The number of aryl methyl sites for hydroxylation is 2. The van der Waals surface area contributed by atoms with Crippen LogP contribution < -0.4 is 4.74 Å². The van der Waals surface area contributed by atoms with E-state index in [1.165, 1.54) is 16.4 Å². The van der Waals surface area contributed by atoms with Crippen LogP contribution in [0.25, 0.3) is 0 Å². The predicted molar refractivity (Wildman–Crippen MR) is 96.5 cm³/mol. The minimum absolute atomic E-state index is 0.233. The van der Waals surface area contributed by atoms with E-state index >= 15 is 0 Å². The zero-order chi connectivity index (χ0) is 20.7. The number of nitrogens with zero attached hydrogens (tertiary/aromatic N) is 3. The molecule has 1 aliphatic heterocycles. The van der Waals surface area contributed by atoms with Crippen molar-refractivity contribution in [3.63, 3.8) is 0 Å². The van der Waals surface area contributed by atoms with Crippen LogP contribution in [0.1, 0.15) is 29.8 Å². The van der Waals surface area contributed by atoms with Gasteiger partial charge in [-0.3, -0.25) is 4.68 Å². The fourth-order valence-corrected chi connectivity index (χ4v) is 5.23. The van der Waals surface area contributed by atoms with Crippen LogP contribution in [0.4, 0.5) is 13.2 Å². The number of rotatable bonds is 4. The van der Waals surface area contributed by atoms with Crippen molar-refractivity contribution in [3.8, 4) is 5.75 Å². The molecule has 0 saturated carbocycles. The number of ether oxygens (including phenoxy) is 1. The molecule has 28 heavy (non-hydrogen) atoms. The van der Waals surface area contributed by atoms with E-state index in [4.69, 9.17) is 4.74 Å². The molecule has 154 valence electrons. The van der Waals surface area contributed by atoms with Crippen LogP contribution >= 0.6 is 0 Å². The van der Waals surface area contributed by atoms with Crippen molar-refractivity contribution in [2.45, 2.75) is 43.9 Å². The molecule has 1 fully saturated rings. The van der Waals surface area contributed by atoms with Gasteiger partial charge in [0.15, 0.2) is 0 Å². The van der Waals surface area contributed by atoms with E-state index < -0.39 is 21.8 Å². The summed E-state index contributed by atoms with van der Waals surface area (Å²) in [5, 5.41) is 4.17. The van der Waals surface area contributed by atoms with Gasteiger partial charge in [-0.15, -0.1) is 0 Å². The Balaban J connectivity index is 1.64. The Bertz CT molecular complexity index is 945. The molecule has 1 aromatic carbocycles. The zero-order valence-corrected chi connectivity index (χ0v) is 16.6. The van der Waals surface area contributed by atoms with E-state index in [0.717, 1.165) is 12.1 Å². The topological polar surface area (TPSA) is 64.4 Å². The average Bonchev–Trinajstić information content (AvgIpc) is 2.87. The third-order valence-electron chi connectivity index (χ3n) is 4.93. The molecule has 10 heteroatoms. The van der Waals surface area contributed by atoms with E-state index in [1.54, 1.807) is 25.6 Å². The second-order valence-electron chi connectivity index (χ2n) is 6.87. The first-order valence-electron chi connectivity index (χ1n) is 8.84. The van der Waals surface area contributed by atoms with Crippen molar-refractivity contribution in [2.24, 2.45) is 7.05 Å². The Kier molecular flexibility index (Phi) is 5.46. The van der Waals surface area contributed by atoms with Crippen LogP contribution in [-0.4, -0.2) is 41.7 Å². The number of piperidine rings is 1. The van der Waals surface area contributed by atoms with E-state index in [1.807, 2.05) is 0 Å². The number of benzene rings is 1. The van der Waals surface area contributed by atoms with Gasteiger partial charge in [-0.05, 0) is 51.0 Å². The fourth-order valence-electron chi connectivity index (χ4n) is 3.36. The molecule has 3 rings (SSSR count). The molecular weight excluding hydrogens is 395 g/mol. The van der Waals surface area contributed by atoms with Crippen LogP contribution in [0.15, 0.2) is 29.2 Å². The number of alkyl halides is 3. The second-order valence-corrected chi connectivity index (χ2v) is 8.74. The summed E-state index contributed by atoms with van der Waals surface area (Å²) in [6, 6.07) is 4.52. The molecule has 0 radical (unpaired) electrons. The minimum Gasteiger partial charge on any atom is -0.490 e. The number of hydrogen-bond acceptors (Lipinski definition) is 4. The molecule has 0 atom stereocenters. The highest BCUT2D eigenvalue weighted by atomic mass is 32.2.